The van der Waals surface area contributed by atoms with Crippen LogP contribution in [-0.2, 0) is 4.79 Å². The summed E-state index contributed by atoms with van der Waals surface area (Å²) in [5, 5.41) is 6.55. The molecule has 1 fully saturated rings. The number of carbonyl (C=O) groups is 2. The van der Waals surface area contributed by atoms with Gasteiger partial charge in [-0.25, -0.2) is 23.1 Å². The fourth-order valence-corrected chi connectivity index (χ4v) is 4.98. The number of hydrogen-bond acceptors (Lipinski definition) is 7. The normalized spacial score (nSPS) is 17.9. The summed E-state index contributed by atoms with van der Waals surface area (Å²) in [7, 11) is 0. The fraction of sp³-hybridized carbons (Fsp3) is 0.250. The summed E-state index contributed by atoms with van der Waals surface area (Å²) in [5.74, 6) is 4.29. The van der Waals surface area contributed by atoms with Crippen LogP contribution >= 0.6 is 11.6 Å². The van der Waals surface area contributed by atoms with Crippen molar-refractivity contribution < 1.29 is 22.8 Å². The molecule has 1 aliphatic heterocycles. The van der Waals surface area contributed by atoms with Gasteiger partial charge in [-0.15, -0.1) is 0 Å². The van der Waals surface area contributed by atoms with E-state index in [-0.39, 0.29) is 40.2 Å². The zero-order valence-corrected chi connectivity index (χ0v) is 22.8. The number of alkyl halides is 2. The van der Waals surface area contributed by atoms with Gasteiger partial charge in [-0.1, -0.05) is 29.5 Å². The summed E-state index contributed by atoms with van der Waals surface area (Å²) in [5.41, 5.74) is -0.187. The van der Waals surface area contributed by atoms with Crippen molar-refractivity contribution in [3.63, 3.8) is 0 Å². The van der Waals surface area contributed by atoms with Crippen LogP contribution in [0, 0.1) is 36.4 Å². The fourth-order valence-electron chi connectivity index (χ4n) is 4.82. The highest BCUT2D eigenvalue weighted by Gasteiger charge is 2.44. The summed E-state index contributed by atoms with van der Waals surface area (Å²) in [6.45, 7) is 4.11. The number of hydrogen-bond donors (Lipinski definition) is 1. The van der Waals surface area contributed by atoms with E-state index in [1.807, 2.05) is 6.92 Å². The zero-order chi connectivity index (χ0) is 29.7. The SMILES string of the molecule is Cc1nc(C(C)n2cc(NC(=O)c3cncc(-c4c(C(F)F)ccc(Cl)c4F)n3)cn2)cnc1N1C[C@H]2C#C[C@H]2C1=O. The predicted molar refractivity (Wildman–Crippen MR) is 145 cm³/mol. The molecule has 1 N–H and O–H groups in total. The standard InChI is InChI=1S/C28H20ClF3N8O2/c1-13-26(39-11-15-3-4-17(15)28(39)42)34-10-20(36-13)14(2)40-12-16(7-35-40)37-27(41)22-9-33-8-21(38-22)23-18(25(31)32)5-6-19(29)24(23)30/h5-10,12,14-15,17,25H,11H2,1-2H3,(H,37,41)/t14?,15-,17-/m1/s1. The zero-order valence-electron chi connectivity index (χ0n) is 22.0. The summed E-state index contributed by atoms with van der Waals surface area (Å²) in [6, 6.07) is 1.64. The van der Waals surface area contributed by atoms with Gasteiger partial charge < -0.3 is 5.32 Å². The van der Waals surface area contributed by atoms with Gasteiger partial charge in [0.15, 0.2) is 11.6 Å². The Bertz CT molecular complexity index is 1820. The first-order valence-electron chi connectivity index (χ1n) is 12.7. The molecule has 0 saturated carbocycles. The largest absolute Gasteiger partial charge is 0.318 e. The second kappa shape index (κ2) is 10.5. The highest BCUT2D eigenvalue weighted by atomic mass is 35.5. The Hall–Kier alpha value is -4.83. The van der Waals surface area contributed by atoms with Crippen LogP contribution in [0.25, 0.3) is 11.3 Å². The molecule has 1 saturated heterocycles. The van der Waals surface area contributed by atoms with Gasteiger partial charge in [-0.05, 0) is 19.9 Å². The van der Waals surface area contributed by atoms with Crippen LogP contribution in [0.1, 0.15) is 46.8 Å². The van der Waals surface area contributed by atoms with Crippen molar-refractivity contribution >= 4 is 34.9 Å². The van der Waals surface area contributed by atoms with Gasteiger partial charge in [0, 0.05) is 23.9 Å². The van der Waals surface area contributed by atoms with E-state index in [0.29, 0.717) is 29.4 Å². The van der Waals surface area contributed by atoms with Crippen molar-refractivity contribution in [2.75, 3.05) is 16.8 Å². The summed E-state index contributed by atoms with van der Waals surface area (Å²) < 4.78 is 43.4. The molecule has 2 amide bonds. The van der Waals surface area contributed by atoms with Crippen molar-refractivity contribution in [2.45, 2.75) is 26.3 Å². The van der Waals surface area contributed by atoms with Crippen LogP contribution in [-0.4, -0.2) is 48.1 Å². The lowest BCUT2D eigenvalue weighted by molar-refractivity contribution is -0.119. The van der Waals surface area contributed by atoms with Gasteiger partial charge >= 0.3 is 0 Å². The first-order valence-corrected chi connectivity index (χ1v) is 13.1. The molecule has 0 radical (unpaired) electrons. The number of carbonyl (C=O) groups excluding carboxylic acids is 2. The topological polar surface area (TPSA) is 119 Å². The third-order valence-corrected chi connectivity index (χ3v) is 7.39. The van der Waals surface area contributed by atoms with Crippen molar-refractivity contribution in [3.8, 4) is 23.1 Å². The third kappa shape index (κ3) is 4.73. The Morgan fingerprint density at radius 2 is 1.98 bits per heavy atom. The van der Waals surface area contributed by atoms with Crippen molar-refractivity contribution in [2.24, 2.45) is 11.8 Å². The number of amides is 2. The van der Waals surface area contributed by atoms with E-state index in [1.165, 1.54) is 6.20 Å². The van der Waals surface area contributed by atoms with Crippen molar-refractivity contribution in [3.05, 3.63) is 76.6 Å². The molecule has 6 rings (SSSR count). The van der Waals surface area contributed by atoms with E-state index >= 15 is 0 Å². The number of benzene rings is 1. The molecular weight excluding hydrogens is 573 g/mol. The molecule has 1 unspecified atom stereocenters. The van der Waals surface area contributed by atoms with Crippen LogP contribution < -0.4 is 10.2 Å². The molecule has 0 spiro atoms. The second-order valence-corrected chi connectivity index (χ2v) is 10.2. The minimum Gasteiger partial charge on any atom is -0.318 e. The number of rotatable bonds is 7. The van der Waals surface area contributed by atoms with Gasteiger partial charge in [0.25, 0.3) is 12.3 Å². The minimum absolute atomic E-state index is 0.0385. The Morgan fingerprint density at radius 3 is 2.64 bits per heavy atom. The van der Waals surface area contributed by atoms with E-state index in [4.69, 9.17) is 11.6 Å². The highest BCUT2D eigenvalue weighted by molar-refractivity contribution is 6.31. The van der Waals surface area contributed by atoms with E-state index in [9.17, 15) is 22.8 Å². The Morgan fingerprint density at radius 1 is 1.17 bits per heavy atom. The van der Waals surface area contributed by atoms with E-state index in [1.54, 1.807) is 28.9 Å². The number of nitrogens with one attached hydrogen (secondary N) is 1. The lowest BCUT2D eigenvalue weighted by Crippen LogP contribution is -2.28. The lowest BCUT2D eigenvalue weighted by Gasteiger charge is -2.18. The smallest absolute Gasteiger partial charge is 0.275 e. The number of nitrogens with zero attached hydrogens (tertiary/aromatic N) is 7. The van der Waals surface area contributed by atoms with Crippen LogP contribution in [0.15, 0.2) is 43.1 Å². The van der Waals surface area contributed by atoms with Crippen molar-refractivity contribution in [1.82, 2.24) is 29.7 Å². The minimum atomic E-state index is -3.00. The van der Waals surface area contributed by atoms with Gasteiger partial charge in [-0.2, -0.15) is 5.10 Å². The maximum atomic E-state index is 14.7. The average molecular weight is 593 g/mol. The Balaban J connectivity index is 1.18. The molecule has 0 bridgehead atoms. The molecule has 212 valence electrons. The monoisotopic (exact) mass is 592 g/mol. The Kier molecular flexibility index (Phi) is 6.86. The first-order chi connectivity index (χ1) is 20.1. The van der Waals surface area contributed by atoms with Gasteiger partial charge in [-0.3, -0.25) is 29.1 Å². The molecule has 42 heavy (non-hydrogen) atoms. The second-order valence-electron chi connectivity index (χ2n) is 9.78. The molecule has 3 atom stereocenters. The molecule has 3 aromatic heterocycles. The molecule has 4 heterocycles. The Labute approximate surface area is 242 Å². The maximum Gasteiger partial charge on any atom is 0.275 e. The molecule has 2 aliphatic rings. The average Bonchev–Trinajstić information content (AvgIpc) is 3.50. The van der Waals surface area contributed by atoms with Crippen LogP contribution in [0.5, 0.6) is 0 Å². The molecule has 1 aliphatic carbocycles. The highest BCUT2D eigenvalue weighted by Crippen LogP contribution is 2.36. The summed E-state index contributed by atoms with van der Waals surface area (Å²) in [4.78, 5) is 44.1. The van der Waals surface area contributed by atoms with Crippen LogP contribution in [0.3, 0.4) is 0 Å². The van der Waals surface area contributed by atoms with Gasteiger partial charge in [0.2, 0.25) is 5.91 Å². The van der Waals surface area contributed by atoms with Gasteiger partial charge in [0.05, 0.1) is 64.5 Å². The number of anilines is 2. The quantitative estimate of drug-likeness (QED) is 0.311. The summed E-state index contributed by atoms with van der Waals surface area (Å²) >= 11 is 5.80. The molecule has 4 aromatic rings. The number of halogens is 4. The van der Waals surface area contributed by atoms with Crippen LogP contribution in [0.4, 0.5) is 24.7 Å². The van der Waals surface area contributed by atoms with Crippen LogP contribution in [0.2, 0.25) is 5.02 Å². The first kappa shape index (κ1) is 27.3. The van der Waals surface area contributed by atoms with E-state index in [2.05, 4.69) is 42.2 Å². The number of fused-ring (bicyclic) bond motifs is 1. The molecular formula is C28H20ClF3N8O2. The van der Waals surface area contributed by atoms with E-state index < -0.39 is 29.3 Å². The summed E-state index contributed by atoms with van der Waals surface area (Å²) in [6.07, 6.45) is 3.74. The van der Waals surface area contributed by atoms with E-state index in [0.717, 1.165) is 24.5 Å². The lowest BCUT2D eigenvalue weighted by atomic mass is 9.89. The molecule has 10 nitrogen and oxygen atoms in total. The number of aromatic nitrogens is 6. The third-order valence-electron chi connectivity index (χ3n) is 7.10. The molecule has 14 heteroatoms. The molecule has 1 aromatic carbocycles. The number of aryl methyl sites for hydroxylation is 1. The predicted octanol–water partition coefficient (Wildman–Crippen LogP) is 4.63. The van der Waals surface area contributed by atoms with Gasteiger partial charge in [0.1, 0.15) is 11.6 Å². The van der Waals surface area contributed by atoms with Crippen molar-refractivity contribution in [1.29, 1.82) is 0 Å². The maximum absolute atomic E-state index is 14.7.